The average molecular weight is 654 g/mol. The summed E-state index contributed by atoms with van der Waals surface area (Å²) in [6, 6.07) is 9.77. The second-order valence-corrected chi connectivity index (χ2v) is 14.0. The number of benzene rings is 2. The fourth-order valence-corrected chi connectivity index (χ4v) is 9.04. The van der Waals surface area contributed by atoms with Crippen molar-refractivity contribution in [3.63, 3.8) is 0 Å². The quantitative estimate of drug-likeness (QED) is 0.340. The van der Waals surface area contributed by atoms with E-state index in [4.69, 9.17) is 23.2 Å². The zero-order chi connectivity index (χ0) is 30.6. The second kappa shape index (κ2) is 11.3. The number of carbonyl (C=O) groups is 1. The highest BCUT2D eigenvalue weighted by molar-refractivity contribution is 7.89. The molecular weight excluding hydrogens is 624 g/mol. The van der Waals surface area contributed by atoms with Gasteiger partial charge in [-0.05, 0) is 85.0 Å². The average Bonchev–Trinajstić information content (AvgIpc) is 3.56. The molecule has 1 unspecified atom stereocenters. The predicted molar refractivity (Wildman–Crippen MR) is 158 cm³/mol. The number of hydrogen-bond acceptors (Lipinski definition) is 5. The number of aryl methyl sites for hydroxylation is 1. The minimum Gasteiger partial charge on any atom is -0.371 e. The third-order valence-corrected chi connectivity index (χ3v) is 11.3. The maximum absolute atomic E-state index is 13.6. The number of sulfonamides is 1. The molecule has 1 aromatic heterocycles. The van der Waals surface area contributed by atoms with Gasteiger partial charge in [0.15, 0.2) is 0 Å². The van der Waals surface area contributed by atoms with Crippen LogP contribution in [0.15, 0.2) is 59.8 Å². The predicted octanol–water partition coefficient (Wildman–Crippen LogP) is 6.51. The number of fused-ring (bicyclic) bond motifs is 1. The van der Waals surface area contributed by atoms with E-state index in [0.29, 0.717) is 49.2 Å². The van der Waals surface area contributed by atoms with Gasteiger partial charge in [0, 0.05) is 55.9 Å². The third kappa shape index (κ3) is 5.96. The van der Waals surface area contributed by atoms with Gasteiger partial charge in [-0.2, -0.15) is 13.2 Å². The number of halogens is 5. The van der Waals surface area contributed by atoms with Gasteiger partial charge in [-0.3, -0.25) is 9.78 Å². The largest absolute Gasteiger partial charge is 0.416 e. The molecule has 0 bridgehead atoms. The van der Waals surface area contributed by atoms with Crippen LogP contribution in [-0.2, 0) is 22.6 Å². The zero-order valence-electron chi connectivity index (χ0n) is 23.0. The molecule has 0 radical (unpaired) electrons. The van der Waals surface area contributed by atoms with Gasteiger partial charge in [0.2, 0.25) is 10.0 Å². The Labute approximate surface area is 258 Å². The molecule has 3 aliphatic rings. The molecule has 3 heterocycles. The van der Waals surface area contributed by atoms with Crippen LogP contribution in [0, 0.1) is 5.41 Å². The monoisotopic (exact) mass is 652 g/mol. The third-order valence-electron chi connectivity index (χ3n) is 8.94. The first kappa shape index (κ1) is 30.2. The number of pyridine rings is 1. The molecule has 1 spiro atoms. The maximum atomic E-state index is 13.6. The first-order valence-corrected chi connectivity index (χ1v) is 16.2. The molecule has 1 atom stereocenters. The van der Waals surface area contributed by atoms with Gasteiger partial charge in [-0.25, -0.2) is 13.1 Å². The van der Waals surface area contributed by atoms with E-state index < -0.39 is 42.7 Å². The van der Waals surface area contributed by atoms with Crippen LogP contribution in [0.3, 0.4) is 0 Å². The first-order valence-electron chi connectivity index (χ1n) is 14.0. The van der Waals surface area contributed by atoms with E-state index in [1.165, 1.54) is 0 Å². The normalized spacial score (nSPS) is 20.1. The number of anilines is 1. The molecule has 2 aromatic carbocycles. The van der Waals surface area contributed by atoms with Crippen LogP contribution < -0.4 is 9.62 Å². The van der Waals surface area contributed by atoms with Crippen LogP contribution in [0.25, 0.3) is 0 Å². The molecule has 6 rings (SSSR count). The van der Waals surface area contributed by atoms with Crippen LogP contribution in [0.5, 0.6) is 0 Å². The van der Waals surface area contributed by atoms with E-state index in [1.807, 2.05) is 23.1 Å². The van der Waals surface area contributed by atoms with Crippen LogP contribution in [0.2, 0.25) is 10.0 Å². The standard InChI is InChI=1S/C30H29Cl2F3N4O3S/c31-24-16-21(30(33,34)35)17-25(32)27(24)43(41,42)37-26-4-3-19-1-2-20(15-23(19)26)28(40)39-14-9-29(18-39)7-12-38(13-8-29)22-5-10-36-11-6-22/h1-2,5-6,10-11,15-17,26,37H,3-4,7-9,12-14,18H2. The number of hydrogen-bond donors (Lipinski definition) is 1. The number of carbonyl (C=O) groups excluding carboxylic acids is 1. The number of amides is 1. The fraction of sp³-hybridized carbons (Fsp3) is 0.400. The Morgan fingerprint density at radius 1 is 0.977 bits per heavy atom. The van der Waals surface area contributed by atoms with E-state index in [9.17, 15) is 26.4 Å². The molecule has 2 saturated heterocycles. The molecule has 0 saturated carbocycles. The summed E-state index contributed by atoms with van der Waals surface area (Å²) < 4.78 is 68.6. The topological polar surface area (TPSA) is 82.6 Å². The number of aromatic nitrogens is 1. The Morgan fingerprint density at radius 3 is 2.28 bits per heavy atom. The van der Waals surface area contributed by atoms with Crippen molar-refractivity contribution in [3.05, 3.63) is 87.2 Å². The maximum Gasteiger partial charge on any atom is 0.416 e. The lowest BCUT2D eigenvalue weighted by molar-refractivity contribution is -0.137. The van der Waals surface area contributed by atoms with E-state index >= 15 is 0 Å². The van der Waals surface area contributed by atoms with Crippen molar-refractivity contribution in [2.45, 2.75) is 49.2 Å². The van der Waals surface area contributed by atoms with Crippen molar-refractivity contribution in [2.24, 2.45) is 5.41 Å². The zero-order valence-corrected chi connectivity index (χ0v) is 25.3. The molecule has 43 heavy (non-hydrogen) atoms. The lowest BCUT2D eigenvalue weighted by Gasteiger charge is -2.40. The van der Waals surface area contributed by atoms with Gasteiger partial charge >= 0.3 is 6.18 Å². The Balaban J connectivity index is 1.15. The summed E-state index contributed by atoms with van der Waals surface area (Å²) in [6.45, 7) is 3.17. The van der Waals surface area contributed by atoms with Gasteiger partial charge in [0.1, 0.15) is 4.90 Å². The lowest BCUT2D eigenvalue weighted by atomic mass is 9.77. The highest BCUT2D eigenvalue weighted by Gasteiger charge is 2.42. The Kier molecular flexibility index (Phi) is 7.90. The van der Waals surface area contributed by atoms with Crippen molar-refractivity contribution in [2.75, 3.05) is 31.1 Å². The van der Waals surface area contributed by atoms with Gasteiger partial charge in [0.05, 0.1) is 15.6 Å². The van der Waals surface area contributed by atoms with Crippen LogP contribution in [-0.4, -0.2) is 50.4 Å². The molecule has 1 amide bonds. The number of piperidine rings is 1. The van der Waals surface area contributed by atoms with E-state index in [1.54, 1.807) is 24.5 Å². The smallest absolute Gasteiger partial charge is 0.371 e. The minimum atomic E-state index is -4.73. The van der Waals surface area contributed by atoms with Gasteiger partial charge < -0.3 is 9.80 Å². The lowest BCUT2D eigenvalue weighted by Crippen LogP contribution is -2.42. The summed E-state index contributed by atoms with van der Waals surface area (Å²) >= 11 is 12.0. The minimum absolute atomic E-state index is 0.0777. The summed E-state index contributed by atoms with van der Waals surface area (Å²) in [6.07, 6.45) is 2.76. The number of alkyl halides is 3. The molecule has 228 valence electrons. The van der Waals surface area contributed by atoms with E-state index in [0.717, 1.165) is 43.6 Å². The number of rotatable bonds is 5. The van der Waals surface area contributed by atoms with Crippen molar-refractivity contribution in [1.29, 1.82) is 0 Å². The molecule has 2 aliphatic heterocycles. The van der Waals surface area contributed by atoms with Crippen LogP contribution in [0.1, 0.15) is 58.8 Å². The van der Waals surface area contributed by atoms with Crippen LogP contribution >= 0.6 is 23.2 Å². The van der Waals surface area contributed by atoms with E-state index in [-0.39, 0.29) is 11.3 Å². The summed E-state index contributed by atoms with van der Waals surface area (Å²) in [5, 5.41) is -1.24. The Bertz CT molecular complexity index is 1640. The molecule has 1 N–H and O–H groups in total. The molecule has 1 aliphatic carbocycles. The SMILES string of the molecule is O=C(c1ccc2c(c1)C(NS(=O)(=O)c1c(Cl)cc(C(F)(F)F)cc1Cl)CC2)N1CCC2(CCN(c3ccncc3)CC2)C1. The highest BCUT2D eigenvalue weighted by atomic mass is 35.5. The Hall–Kier alpha value is -2.86. The number of likely N-dealkylation sites (tertiary alicyclic amines) is 1. The summed E-state index contributed by atoms with van der Waals surface area (Å²) in [5.41, 5.74) is 2.12. The van der Waals surface area contributed by atoms with Gasteiger partial charge in [0.25, 0.3) is 5.91 Å². The van der Waals surface area contributed by atoms with Crippen molar-refractivity contribution in [1.82, 2.24) is 14.6 Å². The van der Waals surface area contributed by atoms with Crippen molar-refractivity contribution < 1.29 is 26.4 Å². The molecular formula is C30H29Cl2F3N4O3S. The molecule has 3 aromatic rings. The molecule has 13 heteroatoms. The molecule has 7 nitrogen and oxygen atoms in total. The van der Waals surface area contributed by atoms with Gasteiger partial charge in [-0.15, -0.1) is 0 Å². The van der Waals surface area contributed by atoms with Crippen LogP contribution in [0.4, 0.5) is 18.9 Å². The highest BCUT2D eigenvalue weighted by Crippen LogP contribution is 2.43. The summed E-state index contributed by atoms with van der Waals surface area (Å²) in [4.78, 5) is 21.3. The van der Waals surface area contributed by atoms with E-state index in [2.05, 4.69) is 14.6 Å². The number of nitrogens with zero attached hydrogens (tertiary/aromatic N) is 3. The number of nitrogens with one attached hydrogen (secondary N) is 1. The van der Waals surface area contributed by atoms with Gasteiger partial charge in [-0.1, -0.05) is 29.3 Å². The summed E-state index contributed by atoms with van der Waals surface area (Å²) in [5.74, 6) is -0.0985. The van der Waals surface area contributed by atoms with Crippen molar-refractivity contribution >= 4 is 44.8 Å². The molecule has 2 fully saturated rings. The summed E-state index contributed by atoms with van der Waals surface area (Å²) in [7, 11) is -4.39. The fourth-order valence-electron chi connectivity index (χ4n) is 6.58. The second-order valence-electron chi connectivity index (χ2n) is 11.6. The van der Waals surface area contributed by atoms with Crippen molar-refractivity contribution in [3.8, 4) is 0 Å². The Morgan fingerprint density at radius 2 is 1.63 bits per heavy atom. The first-order chi connectivity index (χ1) is 20.4.